The van der Waals surface area contributed by atoms with Crippen molar-refractivity contribution in [2.24, 2.45) is 0 Å². The number of hydrogen-bond donors (Lipinski definition) is 1. The van der Waals surface area contributed by atoms with Gasteiger partial charge < -0.3 is 5.11 Å². The van der Waals surface area contributed by atoms with E-state index in [0.717, 1.165) is 6.08 Å². The maximum atomic E-state index is 9.25. The standard InChI is InChI=1S/C3H4O2.C3H5.Sn/c1-2-3(4)5;1-3-2;/h2H,1H2,(H,4,5);3H,1-2H2;. The minimum absolute atomic E-state index is 0.833. The fourth-order valence-electron chi connectivity index (χ4n) is 0. The number of carbonyl (C=O) groups is 1. The normalized spacial score (nSPS) is 6.33. The number of carboxylic acids is 1. The van der Waals surface area contributed by atoms with E-state index in [9.17, 15) is 4.79 Å². The summed E-state index contributed by atoms with van der Waals surface area (Å²) in [6.07, 6.45) is 2.75. The van der Waals surface area contributed by atoms with Crippen molar-refractivity contribution in [3.05, 3.63) is 25.3 Å². The summed E-state index contributed by atoms with van der Waals surface area (Å²) in [5.41, 5.74) is 0. The van der Waals surface area contributed by atoms with Gasteiger partial charge in [0.2, 0.25) is 0 Å². The molecular formula is C6H9O2Sn. The van der Waals surface area contributed by atoms with E-state index in [1.54, 1.807) is 22.5 Å². The quantitative estimate of drug-likeness (QED) is 0.438. The molecule has 0 unspecified atom stereocenters. The van der Waals surface area contributed by atoms with Gasteiger partial charge in [-0.2, -0.15) is 0 Å². The van der Waals surface area contributed by atoms with Gasteiger partial charge in [0.25, 0.3) is 0 Å². The van der Waals surface area contributed by atoms with E-state index in [2.05, 4.69) is 13.2 Å². The average Bonchev–Trinajstić information content (AvgIpc) is 1.89. The van der Waals surface area contributed by atoms with Crippen molar-refractivity contribution in [2.75, 3.05) is 0 Å². The van der Waals surface area contributed by atoms with Crippen LogP contribution in [0.4, 0.5) is 0 Å². The zero-order chi connectivity index (χ0) is 7.70. The predicted octanol–water partition coefficient (Wildman–Crippen LogP) is 1.02. The van der Waals surface area contributed by atoms with Gasteiger partial charge in [0.1, 0.15) is 0 Å². The molecule has 3 radical (unpaired) electrons. The molecule has 0 spiro atoms. The number of hydrogen-bond acceptors (Lipinski definition) is 1. The van der Waals surface area contributed by atoms with E-state index in [1.807, 2.05) is 6.08 Å². The van der Waals surface area contributed by atoms with Crippen LogP contribution in [-0.2, 0) is 4.79 Å². The third-order valence-electron chi connectivity index (χ3n) is 0.319. The molecule has 0 aromatic rings. The van der Waals surface area contributed by atoms with Crippen LogP contribution >= 0.6 is 0 Å². The molecule has 0 aliphatic heterocycles. The Morgan fingerprint density at radius 1 is 1.67 bits per heavy atom. The first-order chi connectivity index (χ1) is 4.18. The minimum atomic E-state index is -0.981. The van der Waals surface area contributed by atoms with Crippen molar-refractivity contribution in [3.8, 4) is 0 Å². The molecule has 9 heavy (non-hydrogen) atoms. The number of allylic oxidation sites excluding steroid dienone is 1. The average molecular weight is 232 g/mol. The summed E-state index contributed by atoms with van der Waals surface area (Å²) in [5, 5.41) is 7.60. The first kappa shape index (κ1) is 11.5. The SMILES string of the molecule is C=CC(=O)O.C=C[CH2][Sn]. The maximum absolute atomic E-state index is 9.25. The molecule has 0 saturated heterocycles. The number of carboxylic acid groups (broad SMARTS) is 1. The molecule has 0 aliphatic carbocycles. The number of rotatable bonds is 2. The molecule has 0 aromatic heterocycles. The summed E-state index contributed by atoms with van der Waals surface area (Å²) < 4.78 is 1.17. The van der Waals surface area contributed by atoms with E-state index in [1.165, 1.54) is 4.44 Å². The number of aliphatic carboxylic acids is 1. The molecular weight excluding hydrogens is 223 g/mol. The van der Waals surface area contributed by atoms with E-state index in [4.69, 9.17) is 5.11 Å². The van der Waals surface area contributed by atoms with Crippen LogP contribution < -0.4 is 0 Å². The Bertz CT molecular complexity index is 99.2. The second-order valence-corrected chi connectivity index (χ2v) is 2.20. The summed E-state index contributed by atoms with van der Waals surface area (Å²) in [6.45, 7) is 6.46. The van der Waals surface area contributed by atoms with E-state index in [0.29, 0.717) is 0 Å². The molecule has 0 fully saturated rings. The van der Waals surface area contributed by atoms with Crippen LogP contribution in [0, 0.1) is 0 Å². The van der Waals surface area contributed by atoms with Crippen LogP contribution in [0.1, 0.15) is 0 Å². The van der Waals surface area contributed by atoms with Gasteiger partial charge in [-0.05, 0) is 0 Å². The van der Waals surface area contributed by atoms with Crippen molar-refractivity contribution < 1.29 is 9.90 Å². The van der Waals surface area contributed by atoms with Crippen LogP contribution in [0.5, 0.6) is 0 Å². The van der Waals surface area contributed by atoms with Crippen molar-refractivity contribution in [2.45, 2.75) is 4.44 Å². The van der Waals surface area contributed by atoms with Gasteiger partial charge in [-0.15, -0.1) is 0 Å². The van der Waals surface area contributed by atoms with Gasteiger partial charge in [-0.3, -0.25) is 0 Å². The first-order valence-electron chi connectivity index (χ1n) is 2.29. The fraction of sp³-hybridized carbons (Fsp3) is 0.167. The second kappa shape index (κ2) is 10.7. The molecule has 0 atom stereocenters. The topological polar surface area (TPSA) is 37.3 Å². The van der Waals surface area contributed by atoms with Gasteiger partial charge in [0.15, 0.2) is 0 Å². The Kier molecular flexibility index (Phi) is 13.7. The van der Waals surface area contributed by atoms with Crippen LogP contribution in [0.15, 0.2) is 25.3 Å². The van der Waals surface area contributed by atoms with E-state index < -0.39 is 5.97 Å². The van der Waals surface area contributed by atoms with E-state index >= 15 is 0 Å². The second-order valence-electron chi connectivity index (χ2n) is 1.04. The van der Waals surface area contributed by atoms with Gasteiger partial charge >= 0.3 is 45.6 Å². The molecule has 49 valence electrons. The molecule has 0 rings (SSSR count). The summed E-state index contributed by atoms with van der Waals surface area (Å²) >= 11 is 1.55. The zero-order valence-corrected chi connectivity index (χ0v) is 7.99. The molecule has 0 bridgehead atoms. The predicted molar refractivity (Wildman–Crippen MR) is 38.6 cm³/mol. The molecule has 1 N–H and O–H groups in total. The summed E-state index contributed by atoms with van der Waals surface area (Å²) in [5.74, 6) is -0.981. The summed E-state index contributed by atoms with van der Waals surface area (Å²) in [4.78, 5) is 9.25. The molecule has 0 aromatic carbocycles. The third kappa shape index (κ3) is 33.9. The zero-order valence-electron chi connectivity index (χ0n) is 5.13. The fourth-order valence-corrected chi connectivity index (χ4v) is 0. The third-order valence-corrected chi connectivity index (χ3v) is 1.14. The van der Waals surface area contributed by atoms with Gasteiger partial charge in [0, 0.05) is 6.08 Å². The Morgan fingerprint density at radius 3 is 1.89 bits per heavy atom. The Morgan fingerprint density at radius 2 is 1.89 bits per heavy atom. The van der Waals surface area contributed by atoms with Crippen molar-refractivity contribution in [1.82, 2.24) is 0 Å². The first-order valence-corrected chi connectivity index (χ1v) is 4.31. The Labute approximate surface area is 68.4 Å². The molecule has 0 saturated carbocycles. The molecule has 0 amide bonds. The van der Waals surface area contributed by atoms with Gasteiger partial charge in [-0.1, -0.05) is 6.58 Å². The Hall–Kier alpha value is -0.251. The van der Waals surface area contributed by atoms with E-state index in [-0.39, 0.29) is 0 Å². The molecule has 0 heterocycles. The van der Waals surface area contributed by atoms with Crippen molar-refractivity contribution in [3.63, 3.8) is 0 Å². The molecule has 0 aliphatic rings. The van der Waals surface area contributed by atoms with Crippen LogP contribution in [0.2, 0.25) is 4.44 Å². The molecule has 3 heteroatoms. The van der Waals surface area contributed by atoms with Crippen LogP contribution in [0.3, 0.4) is 0 Å². The van der Waals surface area contributed by atoms with Gasteiger partial charge in [0.05, 0.1) is 0 Å². The summed E-state index contributed by atoms with van der Waals surface area (Å²) in [6, 6.07) is 0. The van der Waals surface area contributed by atoms with Gasteiger partial charge in [-0.25, -0.2) is 4.79 Å². The monoisotopic (exact) mass is 233 g/mol. The van der Waals surface area contributed by atoms with Crippen LogP contribution in [-0.4, -0.2) is 33.6 Å². The summed E-state index contributed by atoms with van der Waals surface area (Å²) in [7, 11) is 0. The Balaban J connectivity index is 0. The molecule has 2 nitrogen and oxygen atoms in total. The van der Waals surface area contributed by atoms with Crippen LogP contribution in [0.25, 0.3) is 0 Å². The van der Waals surface area contributed by atoms with Crippen molar-refractivity contribution in [1.29, 1.82) is 0 Å². The van der Waals surface area contributed by atoms with Crippen molar-refractivity contribution >= 4 is 28.5 Å².